The van der Waals surface area contributed by atoms with Gasteiger partial charge in [0.05, 0.1) is 26.2 Å². The molecule has 0 bridgehead atoms. The Balaban J connectivity index is 1.15. The van der Waals surface area contributed by atoms with Gasteiger partial charge in [0.25, 0.3) is 0 Å². The van der Waals surface area contributed by atoms with Crippen LogP contribution in [0.5, 0.6) is 0 Å². The summed E-state index contributed by atoms with van der Waals surface area (Å²) in [6, 6.07) is 18.8. The predicted octanol–water partition coefficient (Wildman–Crippen LogP) is 8.88. The largest absolute Gasteiger partial charge is 0.429 e. The van der Waals surface area contributed by atoms with E-state index < -0.39 is 0 Å². The van der Waals surface area contributed by atoms with Crippen LogP contribution in [0.1, 0.15) is 115 Å². The fraction of sp³-hybridized carbons (Fsp3) is 0.550. The summed E-state index contributed by atoms with van der Waals surface area (Å²) in [4.78, 5) is 2.42. The summed E-state index contributed by atoms with van der Waals surface area (Å²) in [6.07, 6.45) is 35.3. The van der Waals surface area contributed by atoms with Gasteiger partial charge in [-0.25, -0.2) is 0 Å². The average Bonchev–Trinajstić information content (AvgIpc) is 3.58. The van der Waals surface area contributed by atoms with Crippen molar-refractivity contribution < 1.29 is 9.14 Å². The molecule has 4 heteroatoms. The Hall–Kier alpha value is -3.14. The molecule has 236 valence electrons. The van der Waals surface area contributed by atoms with E-state index in [0.29, 0.717) is 12.1 Å². The quantitative estimate of drug-likeness (QED) is 0.0727. The molecule has 3 aromatic rings. The molecule has 2 heterocycles. The molecule has 0 saturated carbocycles. The fourth-order valence-electron chi connectivity index (χ4n) is 6.86. The first kappa shape index (κ1) is 32.3. The van der Waals surface area contributed by atoms with E-state index in [1.54, 1.807) is 0 Å². The maximum Gasteiger partial charge on any atom is 0.205 e. The van der Waals surface area contributed by atoms with Crippen molar-refractivity contribution in [3.8, 4) is 0 Å². The lowest BCUT2D eigenvalue weighted by Gasteiger charge is -2.27. The predicted molar refractivity (Wildman–Crippen MR) is 184 cm³/mol. The number of para-hydroxylation sites is 2. The van der Waals surface area contributed by atoms with E-state index in [1.165, 1.54) is 112 Å². The monoisotopic (exact) mass is 592 g/mol. The molecule has 0 spiro atoms. The van der Waals surface area contributed by atoms with Crippen LogP contribution in [0.15, 0.2) is 72.8 Å². The van der Waals surface area contributed by atoms with Crippen molar-refractivity contribution in [3.05, 3.63) is 90.3 Å². The van der Waals surface area contributed by atoms with Gasteiger partial charge in [0.2, 0.25) is 6.33 Å². The molecule has 2 unspecified atom stereocenters. The van der Waals surface area contributed by atoms with Crippen molar-refractivity contribution in [2.75, 3.05) is 6.54 Å². The third-order valence-electron chi connectivity index (χ3n) is 9.46. The van der Waals surface area contributed by atoms with E-state index in [-0.39, 0.29) is 0 Å². The molecule has 0 radical (unpaired) electrons. The second-order valence-corrected chi connectivity index (χ2v) is 13.1. The van der Waals surface area contributed by atoms with Crippen LogP contribution in [0.4, 0.5) is 0 Å². The van der Waals surface area contributed by atoms with Crippen molar-refractivity contribution in [3.63, 3.8) is 0 Å². The SMILES string of the molecule is CCCCCCCCC[N+]1=[C-]N(Cc2ccc(Cn3[c-][n+](CCCCCCCCC)c4ccccc43)cc2)C2C=CC=CC21. The first-order valence-electron chi connectivity index (χ1n) is 17.9. The molecule has 1 aliphatic heterocycles. The Bertz CT molecular complexity index is 1360. The minimum Gasteiger partial charge on any atom is -0.429 e. The third-order valence-corrected chi connectivity index (χ3v) is 9.46. The van der Waals surface area contributed by atoms with Gasteiger partial charge in [-0.15, -0.1) is 6.34 Å². The molecule has 5 rings (SSSR count). The molecule has 1 aromatic heterocycles. The van der Waals surface area contributed by atoms with E-state index in [1.807, 2.05) is 0 Å². The maximum absolute atomic E-state index is 3.76. The molecule has 44 heavy (non-hydrogen) atoms. The highest BCUT2D eigenvalue weighted by Crippen LogP contribution is 2.23. The fourth-order valence-corrected chi connectivity index (χ4v) is 6.86. The van der Waals surface area contributed by atoms with Crippen LogP contribution in [-0.2, 0) is 19.6 Å². The topological polar surface area (TPSA) is 15.1 Å². The van der Waals surface area contributed by atoms with Gasteiger partial charge in [-0.1, -0.05) is 139 Å². The highest BCUT2D eigenvalue weighted by atomic mass is 15.3. The van der Waals surface area contributed by atoms with Crippen LogP contribution in [0.2, 0.25) is 0 Å². The number of hydrogen-bond acceptors (Lipinski definition) is 1. The van der Waals surface area contributed by atoms with E-state index in [2.05, 4.69) is 118 Å². The van der Waals surface area contributed by atoms with Gasteiger partial charge in [0.1, 0.15) is 12.1 Å². The second-order valence-electron chi connectivity index (χ2n) is 13.1. The molecule has 2 atom stereocenters. The number of fused-ring (bicyclic) bond motifs is 2. The lowest BCUT2D eigenvalue weighted by molar-refractivity contribution is -0.676. The van der Waals surface area contributed by atoms with Crippen LogP contribution >= 0.6 is 0 Å². The highest BCUT2D eigenvalue weighted by molar-refractivity contribution is 5.71. The smallest absolute Gasteiger partial charge is 0.205 e. The number of unbranched alkanes of at least 4 members (excludes halogenated alkanes) is 12. The second kappa shape index (κ2) is 17.4. The summed E-state index contributed by atoms with van der Waals surface area (Å²) in [7, 11) is 0. The van der Waals surface area contributed by atoms with Crippen molar-refractivity contribution in [2.24, 2.45) is 0 Å². The lowest BCUT2D eigenvalue weighted by Crippen LogP contribution is -2.37. The Morgan fingerprint density at radius 3 is 1.93 bits per heavy atom. The first-order valence-corrected chi connectivity index (χ1v) is 17.9. The highest BCUT2D eigenvalue weighted by Gasteiger charge is 2.31. The van der Waals surface area contributed by atoms with Crippen LogP contribution in [0.25, 0.3) is 11.0 Å². The maximum atomic E-state index is 3.76. The van der Waals surface area contributed by atoms with Crippen LogP contribution in [-0.4, -0.2) is 39.0 Å². The first-order chi connectivity index (χ1) is 21.8. The van der Waals surface area contributed by atoms with Gasteiger partial charge in [0.15, 0.2) is 0 Å². The summed E-state index contributed by atoms with van der Waals surface area (Å²) in [5.74, 6) is 0. The van der Waals surface area contributed by atoms with Crippen molar-refractivity contribution >= 4 is 17.4 Å². The van der Waals surface area contributed by atoms with E-state index >= 15 is 0 Å². The summed E-state index contributed by atoms with van der Waals surface area (Å²) < 4.78 is 7.11. The normalized spacial score (nSPS) is 17.5. The average molecular weight is 593 g/mol. The molecular formula is C40H56N4. The molecule has 2 aromatic carbocycles. The number of aryl methyl sites for hydroxylation is 1. The zero-order valence-corrected chi connectivity index (χ0v) is 27.6. The van der Waals surface area contributed by atoms with E-state index in [4.69, 9.17) is 0 Å². The van der Waals surface area contributed by atoms with Crippen LogP contribution in [0.3, 0.4) is 0 Å². The summed E-state index contributed by atoms with van der Waals surface area (Å²) >= 11 is 0. The van der Waals surface area contributed by atoms with Gasteiger partial charge < -0.3 is 18.6 Å². The number of aromatic nitrogens is 2. The summed E-state index contributed by atoms with van der Waals surface area (Å²) in [6.45, 7) is 8.46. The molecule has 4 nitrogen and oxygen atoms in total. The number of nitrogens with zero attached hydrogens (tertiary/aromatic N) is 4. The minimum absolute atomic E-state index is 0.372. The van der Waals surface area contributed by atoms with Gasteiger partial charge in [-0.05, 0) is 49.0 Å². The number of allylic oxidation sites excluding steroid dienone is 2. The zero-order valence-electron chi connectivity index (χ0n) is 27.6. The number of benzene rings is 2. The summed E-state index contributed by atoms with van der Waals surface area (Å²) in [5.41, 5.74) is 5.23. The molecule has 2 aliphatic rings. The van der Waals surface area contributed by atoms with Crippen molar-refractivity contribution in [2.45, 2.75) is 135 Å². The Morgan fingerprint density at radius 2 is 1.23 bits per heavy atom. The molecule has 0 saturated heterocycles. The van der Waals surface area contributed by atoms with E-state index in [9.17, 15) is 0 Å². The van der Waals surface area contributed by atoms with Crippen LogP contribution in [0, 0.1) is 6.33 Å². The Kier molecular flexibility index (Phi) is 12.7. The Morgan fingerprint density at radius 1 is 0.636 bits per heavy atom. The number of imidazole rings is 1. The number of rotatable bonds is 20. The number of hydrogen-bond donors (Lipinski definition) is 0. The van der Waals surface area contributed by atoms with Crippen molar-refractivity contribution in [1.82, 2.24) is 9.47 Å². The zero-order chi connectivity index (χ0) is 30.4. The van der Waals surface area contributed by atoms with Gasteiger partial charge in [-0.2, -0.15) is 0 Å². The lowest BCUT2D eigenvalue weighted by atomic mass is 10.0. The Labute approximate surface area is 267 Å². The third kappa shape index (κ3) is 8.96. The van der Waals surface area contributed by atoms with Crippen LogP contribution < -0.4 is 4.57 Å². The molecule has 1 aliphatic carbocycles. The van der Waals surface area contributed by atoms with Gasteiger partial charge in [0, 0.05) is 11.0 Å². The molecule has 0 amide bonds. The van der Waals surface area contributed by atoms with Gasteiger partial charge in [-0.3, -0.25) is 0 Å². The van der Waals surface area contributed by atoms with E-state index in [0.717, 1.165) is 26.2 Å². The standard InChI is InChI=1S/C40H56N4/c1-3-5-7-9-11-13-19-29-41-33-43(39-23-17-15-21-37(39)41)31-35-25-27-36(28-26-35)32-44-34-42(38-22-16-18-24-40(38)44)30-20-14-12-10-8-6-4-2/h15-18,21-28,37,39H,3-14,19-20,29-32H2,1-2H3. The van der Waals surface area contributed by atoms with Gasteiger partial charge >= 0.3 is 0 Å². The molecule has 0 N–H and O–H groups in total. The molecule has 0 fully saturated rings. The summed E-state index contributed by atoms with van der Waals surface area (Å²) in [5, 5.41) is 0. The van der Waals surface area contributed by atoms with Crippen molar-refractivity contribution in [1.29, 1.82) is 0 Å². The minimum atomic E-state index is 0.372. The molecular weight excluding hydrogens is 536 g/mol.